The summed E-state index contributed by atoms with van der Waals surface area (Å²) in [6, 6.07) is -0.0289. The molecular formula is C12H23ClN2O2. The summed E-state index contributed by atoms with van der Waals surface area (Å²) >= 11 is 0. The Kier molecular flexibility index (Phi) is 5.22. The average Bonchev–Trinajstić information content (AvgIpc) is 2.62. The Hall–Kier alpha value is -0.320. The van der Waals surface area contributed by atoms with Crippen molar-refractivity contribution in [1.29, 1.82) is 0 Å². The van der Waals surface area contributed by atoms with Gasteiger partial charge in [0.2, 0.25) is 5.91 Å². The van der Waals surface area contributed by atoms with Gasteiger partial charge >= 0.3 is 0 Å². The highest BCUT2D eigenvalue weighted by Crippen LogP contribution is 2.39. The second-order valence-electron chi connectivity index (χ2n) is 5.36. The van der Waals surface area contributed by atoms with E-state index in [9.17, 15) is 4.79 Å². The van der Waals surface area contributed by atoms with Gasteiger partial charge in [-0.3, -0.25) is 4.79 Å². The molecule has 2 heterocycles. The fourth-order valence-electron chi connectivity index (χ4n) is 2.77. The van der Waals surface area contributed by atoms with Crippen molar-refractivity contribution >= 4 is 18.3 Å². The number of ether oxygens (including phenoxy) is 1. The molecule has 0 aromatic carbocycles. The standard InChI is InChI=1S/C12H22N2O2.ClH/c1-10(13)8-11(15)14-5-2-12(9-14)3-6-16-7-4-12;/h10H,2-9,13H2,1H3;1H. The summed E-state index contributed by atoms with van der Waals surface area (Å²) in [7, 11) is 0. The van der Waals surface area contributed by atoms with E-state index >= 15 is 0 Å². The Labute approximate surface area is 109 Å². The Morgan fingerprint density at radius 2 is 2.06 bits per heavy atom. The molecule has 2 rings (SSSR count). The molecule has 0 aliphatic carbocycles. The fraction of sp³-hybridized carbons (Fsp3) is 0.917. The lowest BCUT2D eigenvalue weighted by Crippen LogP contribution is -2.37. The molecule has 0 bridgehead atoms. The van der Waals surface area contributed by atoms with Gasteiger partial charge in [-0.1, -0.05) is 0 Å². The van der Waals surface area contributed by atoms with Crippen LogP contribution in [-0.2, 0) is 9.53 Å². The van der Waals surface area contributed by atoms with Crippen molar-refractivity contribution in [2.45, 2.75) is 38.6 Å². The smallest absolute Gasteiger partial charge is 0.224 e. The van der Waals surface area contributed by atoms with Crippen molar-refractivity contribution in [3.63, 3.8) is 0 Å². The van der Waals surface area contributed by atoms with Crippen LogP contribution in [0, 0.1) is 5.41 Å². The number of halogens is 1. The highest BCUT2D eigenvalue weighted by molar-refractivity contribution is 5.85. The number of carbonyl (C=O) groups excluding carboxylic acids is 1. The molecule has 4 nitrogen and oxygen atoms in total. The third-order valence-electron chi connectivity index (χ3n) is 3.84. The second kappa shape index (κ2) is 6.03. The maximum Gasteiger partial charge on any atom is 0.224 e. The number of hydrogen-bond acceptors (Lipinski definition) is 3. The first-order chi connectivity index (χ1) is 7.61. The Morgan fingerprint density at radius 1 is 1.41 bits per heavy atom. The highest BCUT2D eigenvalue weighted by Gasteiger charge is 2.40. The van der Waals surface area contributed by atoms with Gasteiger partial charge in [-0.15, -0.1) is 12.4 Å². The summed E-state index contributed by atoms with van der Waals surface area (Å²) < 4.78 is 5.39. The van der Waals surface area contributed by atoms with E-state index in [4.69, 9.17) is 10.5 Å². The number of carbonyl (C=O) groups is 1. The minimum Gasteiger partial charge on any atom is -0.381 e. The van der Waals surface area contributed by atoms with Gasteiger partial charge in [-0.05, 0) is 31.6 Å². The Bertz CT molecular complexity index is 265. The molecule has 1 spiro atoms. The molecule has 1 atom stereocenters. The molecule has 0 aromatic heterocycles. The first kappa shape index (κ1) is 14.7. The van der Waals surface area contributed by atoms with E-state index < -0.39 is 0 Å². The molecule has 0 aromatic rings. The van der Waals surface area contributed by atoms with Crippen molar-refractivity contribution in [2.75, 3.05) is 26.3 Å². The van der Waals surface area contributed by atoms with Gasteiger partial charge in [0, 0.05) is 38.8 Å². The highest BCUT2D eigenvalue weighted by atomic mass is 35.5. The van der Waals surface area contributed by atoms with Crippen LogP contribution in [0.4, 0.5) is 0 Å². The first-order valence-corrected chi connectivity index (χ1v) is 6.22. The van der Waals surface area contributed by atoms with Crippen LogP contribution < -0.4 is 5.73 Å². The van der Waals surface area contributed by atoms with Crippen LogP contribution in [0.2, 0.25) is 0 Å². The van der Waals surface area contributed by atoms with Crippen LogP contribution in [0.5, 0.6) is 0 Å². The maximum atomic E-state index is 11.9. The first-order valence-electron chi connectivity index (χ1n) is 6.22. The van der Waals surface area contributed by atoms with E-state index in [-0.39, 0.29) is 24.4 Å². The number of nitrogens with two attached hydrogens (primary N) is 1. The summed E-state index contributed by atoms with van der Waals surface area (Å²) in [5.41, 5.74) is 6.02. The monoisotopic (exact) mass is 262 g/mol. The van der Waals surface area contributed by atoms with Gasteiger partial charge in [0.05, 0.1) is 0 Å². The van der Waals surface area contributed by atoms with Crippen molar-refractivity contribution in [3.8, 4) is 0 Å². The van der Waals surface area contributed by atoms with Gasteiger partial charge < -0.3 is 15.4 Å². The summed E-state index contributed by atoms with van der Waals surface area (Å²) in [6.45, 7) is 5.43. The quantitative estimate of drug-likeness (QED) is 0.813. The van der Waals surface area contributed by atoms with E-state index in [0.29, 0.717) is 11.8 Å². The Morgan fingerprint density at radius 3 is 2.65 bits per heavy atom. The largest absolute Gasteiger partial charge is 0.381 e. The van der Waals surface area contributed by atoms with Crippen molar-refractivity contribution in [3.05, 3.63) is 0 Å². The number of rotatable bonds is 2. The van der Waals surface area contributed by atoms with E-state index in [0.717, 1.165) is 45.6 Å². The maximum absolute atomic E-state index is 11.9. The molecule has 2 aliphatic heterocycles. The number of hydrogen-bond donors (Lipinski definition) is 1. The summed E-state index contributed by atoms with van der Waals surface area (Å²) in [4.78, 5) is 13.9. The lowest BCUT2D eigenvalue weighted by atomic mass is 9.80. The van der Waals surface area contributed by atoms with Crippen LogP contribution in [0.25, 0.3) is 0 Å². The topological polar surface area (TPSA) is 55.6 Å². The van der Waals surface area contributed by atoms with Crippen molar-refractivity contribution in [1.82, 2.24) is 4.90 Å². The zero-order valence-corrected chi connectivity index (χ0v) is 11.3. The second-order valence-corrected chi connectivity index (χ2v) is 5.36. The molecule has 2 saturated heterocycles. The van der Waals surface area contributed by atoms with Crippen LogP contribution in [0.1, 0.15) is 32.6 Å². The van der Waals surface area contributed by atoms with Gasteiger partial charge in [0.15, 0.2) is 0 Å². The normalized spacial score (nSPS) is 24.5. The SMILES string of the molecule is CC(N)CC(=O)N1CCC2(CCOCC2)C1.Cl. The van der Waals surface area contributed by atoms with Crippen LogP contribution in [0.3, 0.4) is 0 Å². The number of likely N-dealkylation sites (tertiary alicyclic amines) is 1. The zero-order chi connectivity index (χ0) is 11.6. The predicted molar refractivity (Wildman–Crippen MR) is 69.2 cm³/mol. The summed E-state index contributed by atoms with van der Waals surface area (Å²) in [5.74, 6) is 0.221. The summed E-state index contributed by atoms with van der Waals surface area (Å²) in [6.07, 6.45) is 3.83. The molecule has 2 fully saturated rings. The van der Waals surface area contributed by atoms with Crippen molar-refractivity contribution in [2.24, 2.45) is 11.1 Å². The number of nitrogens with zero attached hydrogens (tertiary/aromatic N) is 1. The molecule has 100 valence electrons. The summed E-state index contributed by atoms with van der Waals surface area (Å²) in [5, 5.41) is 0. The molecule has 1 amide bonds. The van der Waals surface area contributed by atoms with Gasteiger partial charge in [-0.25, -0.2) is 0 Å². The van der Waals surface area contributed by atoms with E-state index in [2.05, 4.69) is 0 Å². The van der Waals surface area contributed by atoms with Crippen LogP contribution in [0.15, 0.2) is 0 Å². The minimum atomic E-state index is -0.0289. The minimum absolute atomic E-state index is 0. The third-order valence-corrected chi connectivity index (χ3v) is 3.84. The molecule has 5 heteroatoms. The molecule has 1 unspecified atom stereocenters. The van der Waals surface area contributed by atoms with Crippen molar-refractivity contribution < 1.29 is 9.53 Å². The third kappa shape index (κ3) is 3.57. The van der Waals surface area contributed by atoms with E-state index in [1.165, 1.54) is 0 Å². The van der Waals surface area contributed by atoms with Crippen LogP contribution in [-0.4, -0.2) is 43.2 Å². The molecule has 2 N–H and O–H groups in total. The molecular weight excluding hydrogens is 240 g/mol. The number of amides is 1. The molecule has 17 heavy (non-hydrogen) atoms. The van der Waals surface area contributed by atoms with Gasteiger partial charge in [-0.2, -0.15) is 0 Å². The zero-order valence-electron chi connectivity index (χ0n) is 10.5. The molecule has 0 radical (unpaired) electrons. The average molecular weight is 263 g/mol. The Balaban J connectivity index is 0.00000144. The lowest BCUT2D eigenvalue weighted by Gasteiger charge is -2.33. The molecule has 0 saturated carbocycles. The van der Waals surface area contributed by atoms with E-state index in [1.54, 1.807) is 0 Å². The lowest BCUT2D eigenvalue weighted by molar-refractivity contribution is -0.131. The van der Waals surface area contributed by atoms with Gasteiger partial charge in [0.25, 0.3) is 0 Å². The fourth-order valence-corrected chi connectivity index (χ4v) is 2.77. The predicted octanol–water partition coefficient (Wildman–Crippen LogP) is 1.17. The van der Waals surface area contributed by atoms with Gasteiger partial charge in [0.1, 0.15) is 0 Å². The molecule has 2 aliphatic rings. The van der Waals surface area contributed by atoms with Crippen LogP contribution >= 0.6 is 12.4 Å². The van der Waals surface area contributed by atoms with E-state index in [1.807, 2.05) is 11.8 Å².